The van der Waals surface area contributed by atoms with Gasteiger partial charge in [0.1, 0.15) is 5.75 Å². The zero-order chi connectivity index (χ0) is 20.1. The summed E-state index contributed by atoms with van der Waals surface area (Å²) in [4.78, 5) is 12.3. The Morgan fingerprint density at radius 1 is 1.14 bits per heavy atom. The summed E-state index contributed by atoms with van der Waals surface area (Å²) in [5.74, 6) is 0.592. The fourth-order valence-electron chi connectivity index (χ4n) is 2.68. The Balaban J connectivity index is 1.76. The van der Waals surface area contributed by atoms with Crippen LogP contribution >= 0.6 is 11.6 Å². The topological polar surface area (TPSA) is 97.0 Å². The molecule has 0 radical (unpaired) electrons. The number of methoxy groups -OCH3 is 1. The average molecular weight is 426 g/mol. The number of carbonyl (C=O) groups excluding carboxylic acids is 1. The maximum absolute atomic E-state index is 12.8. The molecule has 2 aromatic carbocycles. The molecule has 1 aliphatic rings. The highest BCUT2D eigenvalue weighted by Crippen LogP contribution is 2.27. The quantitative estimate of drug-likeness (QED) is 0.767. The largest absolute Gasteiger partial charge is 0.497 e. The second-order valence-corrected chi connectivity index (χ2v) is 8.31. The highest BCUT2D eigenvalue weighted by molar-refractivity contribution is 7.89. The number of anilines is 2. The summed E-state index contributed by atoms with van der Waals surface area (Å²) in [6.07, 6.45) is 0. The van der Waals surface area contributed by atoms with Crippen molar-refractivity contribution in [3.05, 3.63) is 47.5 Å². The maximum atomic E-state index is 12.8. The summed E-state index contributed by atoms with van der Waals surface area (Å²) < 4.78 is 37.2. The summed E-state index contributed by atoms with van der Waals surface area (Å²) in [7, 11) is -2.17. The molecule has 0 unspecified atom stereocenters. The molecule has 0 saturated carbocycles. The van der Waals surface area contributed by atoms with Crippen LogP contribution in [-0.4, -0.2) is 52.2 Å². The molecule has 0 aromatic heterocycles. The minimum Gasteiger partial charge on any atom is -0.497 e. The summed E-state index contributed by atoms with van der Waals surface area (Å²) >= 11 is 6.14. The molecule has 150 valence electrons. The first-order valence-electron chi connectivity index (χ1n) is 8.49. The fraction of sp³-hybridized carbons (Fsp3) is 0.278. The molecule has 28 heavy (non-hydrogen) atoms. The third kappa shape index (κ3) is 4.74. The van der Waals surface area contributed by atoms with E-state index < -0.39 is 16.1 Å². The molecule has 2 aromatic rings. The van der Waals surface area contributed by atoms with E-state index in [4.69, 9.17) is 21.1 Å². The van der Waals surface area contributed by atoms with Crippen LogP contribution in [0.15, 0.2) is 47.4 Å². The van der Waals surface area contributed by atoms with Crippen LogP contribution in [0.2, 0.25) is 5.02 Å². The number of hydrogen-bond donors (Lipinski definition) is 2. The van der Waals surface area contributed by atoms with E-state index in [-0.39, 0.29) is 28.7 Å². The SMILES string of the molecule is COc1cccc(NC(=O)Nc2cc(S(=O)(=O)N3CCOCC3)ccc2Cl)c1. The van der Waals surface area contributed by atoms with Crippen molar-refractivity contribution in [2.45, 2.75) is 4.90 Å². The lowest BCUT2D eigenvalue weighted by Crippen LogP contribution is -2.40. The molecule has 0 aliphatic carbocycles. The van der Waals surface area contributed by atoms with Crippen molar-refractivity contribution >= 4 is 39.0 Å². The number of urea groups is 1. The zero-order valence-electron chi connectivity index (χ0n) is 15.1. The first kappa shape index (κ1) is 20.4. The van der Waals surface area contributed by atoms with Gasteiger partial charge in [-0.15, -0.1) is 0 Å². The van der Waals surface area contributed by atoms with Crippen LogP contribution in [-0.2, 0) is 14.8 Å². The van der Waals surface area contributed by atoms with Gasteiger partial charge in [-0.05, 0) is 30.3 Å². The second-order valence-electron chi connectivity index (χ2n) is 5.97. The third-order valence-electron chi connectivity index (χ3n) is 4.12. The number of morpholine rings is 1. The molecule has 8 nitrogen and oxygen atoms in total. The number of nitrogens with zero attached hydrogens (tertiary/aromatic N) is 1. The lowest BCUT2D eigenvalue weighted by atomic mass is 10.3. The van der Waals surface area contributed by atoms with Crippen LogP contribution < -0.4 is 15.4 Å². The molecule has 1 aliphatic heterocycles. The molecular formula is C18H20ClN3O5S. The van der Waals surface area contributed by atoms with Crippen molar-refractivity contribution in [1.82, 2.24) is 4.31 Å². The monoisotopic (exact) mass is 425 g/mol. The van der Waals surface area contributed by atoms with E-state index in [1.165, 1.54) is 29.6 Å². The van der Waals surface area contributed by atoms with E-state index in [9.17, 15) is 13.2 Å². The predicted molar refractivity (Wildman–Crippen MR) is 107 cm³/mol. The first-order chi connectivity index (χ1) is 13.4. The fourth-order valence-corrected chi connectivity index (χ4v) is 4.28. The van der Waals surface area contributed by atoms with Crippen molar-refractivity contribution in [1.29, 1.82) is 0 Å². The number of rotatable bonds is 5. The van der Waals surface area contributed by atoms with E-state index in [1.54, 1.807) is 24.3 Å². The lowest BCUT2D eigenvalue weighted by Gasteiger charge is -2.26. The van der Waals surface area contributed by atoms with Crippen molar-refractivity contribution in [2.24, 2.45) is 0 Å². The van der Waals surface area contributed by atoms with E-state index in [1.807, 2.05) is 0 Å². The molecule has 2 amide bonds. The molecule has 1 saturated heterocycles. The molecule has 0 atom stereocenters. The Morgan fingerprint density at radius 3 is 2.61 bits per heavy atom. The Bertz CT molecular complexity index is 961. The van der Waals surface area contributed by atoms with Gasteiger partial charge >= 0.3 is 6.03 Å². The molecule has 1 fully saturated rings. The predicted octanol–water partition coefficient (Wildman–Crippen LogP) is 3.01. The maximum Gasteiger partial charge on any atom is 0.323 e. The number of nitrogens with one attached hydrogen (secondary N) is 2. The van der Waals surface area contributed by atoms with Gasteiger partial charge in [0.05, 0.1) is 35.9 Å². The standard InChI is InChI=1S/C18H20ClN3O5S/c1-26-14-4-2-3-13(11-14)20-18(23)21-17-12-15(5-6-16(17)19)28(24,25)22-7-9-27-10-8-22/h2-6,11-12H,7-10H2,1H3,(H2,20,21,23). The highest BCUT2D eigenvalue weighted by atomic mass is 35.5. The molecule has 0 spiro atoms. The average Bonchev–Trinajstić information content (AvgIpc) is 2.70. The van der Waals surface area contributed by atoms with Crippen LogP contribution in [0.1, 0.15) is 0 Å². The second kappa shape index (κ2) is 8.78. The number of hydrogen-bond acceptors (Lipinski definition) is 5. The van der Waals surface area contributed by atoms with E-state index in [0.717, 1.165) is 0 Å². The van der Waals surface area contributed by atoms with Gasteiger partial charge in [-0.3, -0.25) is 0 Å². The summed E-state index contributed by atoms with van der Waals surface area (Å²) in [5, 5.41) is 5.45. The molecule has 2 N–H and O–H groups in total. The smallest absolute Gasteiger partial charge is 0.323 e. The van der Waals surface area contributed by atoms with Crippen LogP contribution in [0.25, 0.3) is 0 Å². The lowest BCUT2D eigenvalue weighted by molar-refractivity contribution is 0.0730. The van der Waals surface area contributed by atoms with E-state index in [0.29, 0.717) is 24.7 Å². The van der Waals surface area contributed by atoms with Gasteiger partial charge in [-0.2, -0.15) is 4.31 Å². The van der Waals surface area contributed by atoms with Gasteiger partial charge in [0.15, 0.2) is 0 Å². The summed E-state index contributed by atoms with van der Waals surface area (Å²) in [5.41, 5.74) is 0.710. The van der Waals surface area contributed by atoms with Crippen LogP contribution in [0.5, 0.6) is 5.75 Å². The van der Waals surface area contributed by atoms with Crippen LogP contribution in [0.4, 0.5) is 16.2 Å². The number of benzene rings is 2. The van der Waals surface area contributed by atoms with Crippen molar-refractivity contribution in [3.63, 3.8) is 0 Å². The molecule has 10 heteroatoms. The Labute approximate surface area is 168 Å². The number of sulfonamides is 1. The van der Waals surface area contributed by atoms with Crippen LogP contribution in [0, 0.1) is 0 Å². The molecule has 0 bridgehead atoms. The van der Waals surface area contributed by atoms with Gasteiger partial charge in [-0.25, -0.2) is 13.2 Å². The van der Waals surface area contributed by atoms with Gasteiger partial charge in [0.2, 0.25) is 10.0 Å². The molecule has 1 heterocycles. The van der Waals surface area contributed by atoms with E-state index in [2.05, 4.69) is 10.6 Å². The van der Waals surface area contributed by atoms with Crippen molar-refractivity contribution < 1.29 is 22.7 Å². The number of amides is 2. The Hall–Kier alpha value is -2.33. The number of halogens is 1. The van der Waals surface area contributed by atoms with Gasteiger partial charge in [0.25, 0.3) is 0 Å². The van der Waals surface area contributed by atoms with Crippen molar-refractivity contribution in [3.8, 4) is 5.75 Å². The summed E-state index contributed by atoms with van der Waals surface area (Å²) in [6, 6.07) is 10.5. The normalized spacial score (nSPS) is 15.1. The summed E-state index contributed by atoms with van der Waals surface area (Å²) in [6.45, 7) is 1.26. The highest BCUT2D eigenvalue weighted by Gasteiger charge is 2.27. The van der Waals surface area contributed by atoms with Gasteiger partial charge < -0.3 is 20.1 Å². The Morgan fingerprint density at radius 2 is 1.89 bits per heavy atom. The minimum absolute atomic E-state index is 0.0514. The van der Waals surface area contributed by atoms with Crippen molar-refractivity contribution in [2.75, 3.05) is 44.0 Å². The zero-order valence-corrected chi connectivity index (χ0v) is 16.7. The number of ether oxygens (including phenoxy) is 2. The molecular weight excluding hydrogens is 406 g/mol. The van der Waals surface area contributed by atoms with Crippen LogP contribution in [0.3, 0.4) is 0 Å². The minimum atomic E-state index is -3.70. The number of carbonyl (C=O) groups is 1. The van der Waals surface area contributed by atoms with Gasteiger partial charge in [0, 0.05) is 24.8 Å². The van der Waals surface area contributed by atoms with Gasteiger partial charge in [-0.1, -0.05) is 17.7 Å². The first-order valence-corrected chi connectivity index (χ1v) is 10.3. The van der Waals surface area contributed by atoms with E-state index >= 15 is 0 Å². The molecule has 3 rings (SSSR count). The third-order valence-corrected chi connectivity index (χ3v) is 6.35. The Kier molecular flexibility index (Phi) is 6.40.